The summed E-state index contributed by atoms with van der Waals surface area (Å²) in [6, 6.07) is 8.37. The van der Waals surface area contributed by atoms with Gasteiger partial charge in [0, 0.05) is 19.3 Å². The quantitative estimate of drug-likeness (QED) is 0.711. The Morgan fingerprint density at radius 2 is 2.12 bits per heavy atom. The van der Waals surface area contributed by atoms with Crippen LogP contribution in [0.2, 0.25) is 0 Å². The minimum atomic E-state index is 0.763. The Labute approximate surface area is 98.3 Å². The number of rotatable bonds is 7. The van der Waals surface area contributed by atoms with E-state index in [2.05, 4.69) is 43.1 Å². The maximum atomic E-state index is 5.10. The third-order valence-corrected chi connectivity index (χ3v) is 2.46. The van der Waals surface area contributed by atoms with Gasteiger partial charge in [0.25, 0.3) is 0 Å². The van der Waals surface area contributed by atoms with Crippen molar-refractivity contribution >= 4 is 5.69 Å². The van der Waals surface area contributed by atoms with Gasteiger partial charge in [0.2, 0.25) is 0 Å². The molecule has 1 aromatic carbocycles. The van der Waals surface area contributed by atoms with E-state index in [1.807, 2.05) is 0 Å². The van der Waals surface area contributed by atoms with E-state index in [4.69, 9.17) is 4.74 Å². The molecule has 0 atom stereocenters. The maximum Gasteiger partial charge on any atom is 0.0503 e. The van der Waals surface area contributed by atoms with Gasteiger partial charge in [-0.1, -0.05) is 23.8 Å². The van der Waals surface area contributed by atoms with Gasteiger partial charge >= 0.3 is 0 Å². The first-order valence-corrected chi connectivity index (χ1v) is 5.69. The molecule has 0 heterocycles. The van der Waals surface area contributed by atoms with Gasteiger partial charge < -0.3 is 10.1 Å². The average Bonchev–Trinajstić information content (AvgIpc) is 2.27. The van der Waals surface area contributed by atoms with Crippen LogP contribution in [0.25, 0.3) is 0 Å². The topological polar surface area (TPSA) is 21.3 Å². The fourth-order valence-corrected chi connectivity index (χ4v) is 1.53. The van der Waals surface area contributed by atoms with Crippen LogP contribution in [-0.4, -0.2) is 20.3 Å². The van der Waals surface area contributed by atoms with Gasteiger partial charge in [-0.15, -0.1) is 6.58 Å². The molecule has 0 aromatic heterocycles. The molecule has 0 aliphatic rings. The molecule has 1 aromatic rings. The van der Waals surface area contributed by atoms with Crippen LogP contribution in [-0.2, 0) is 11.2 Å². The van der Waals surface area contributed by atoms with Gasteiger partial charge in [0.1, 0.15) is 0 Å². The minimum Gasteiger partial charge on any atom is -0.385 e. The minimum absolute atomic E-state index is 0.763. The van der Waals surface area contributed by atoms with Crippen molar-refractivity contribution in [1.82, 2.24) is 0 Å². The van der Waals surface area contributed by atoms with Crippen molar-refractivity contribution in [2.24, 2.45) is 0 Å². The monoisotopic (exact) mass is 219 g/mol. The van der Waals surface area contributed by atoms with E-state index in [-0.39, 0.29) is 0 Å². The molecule has 0 spiro atoms. The van der Waals surface area contributed by atoms with Crippen LogP contribution < -0.4 is 5.32 Å². The van der Waals surface area contributed by atoms with Crippen molar-refractivity contribution in [2.45, 2.75) is 19.8 Å². The van der Waals surface area contributed by atoms with Gasteiger partial charge in [-0.3, -0.25) is 0 Å². The second-order valence-corrected chi connectivity index (χ2v) is 4.03. The summed E-state index contributed by atoms with van der Waals surface area (Å²) in [4.78, 5) is 0. The fourth-order valence-electron chi connectivity index (χ4n) is 1.53. The highest BCUT2D eigenvalue weighted by Gasteiger charge is 2.00. The second kappa shape index (κ2) is 7.07. The zero-order valence-electron chi connectivity index (χ0n) is 10.3. The van der Waals surface area contributed by atoms with Gasteiger partial charge in [-0.2, -0.15) is 0 Å². The lowest BCUT2D eigenvalue weighted by Gasteiger charge is -2.11. The maximum absolute atomic E-state index is 5.10. The van der Waals surface area contributed by atoms with E-state index in [0.29, 0.717) is 0 Å². The average molecular weight is 219 g/mol. The van der Waals surface area contributed by atoms with Crippen LogP contribution in [0.1, 0.15) is 18.9 Å². The highest BCUT2D eigenvalue weighted by molar-refractivity contribution is 5.51. The van der Waals surface area contributed by atoms with Gasteiger partial charge in [0.05, 0.1) is 6.61 Å². The molecule has 88 valence electrons. The Balaban J connectivity index is 2.52. The summed E-state index contributed by atoms with van der Waals surface area (Å²) in [5.41, 5.74) is 3.73. The largest absolute Gasteiger partial charge is 0.385 e. The lowest BCUT2D eigenvalue weighted by Crippen LogP contribution is -2.05. The van der Waals surface area contributed by atoms with E-state index >= 15 is 0 Å². The molecule has 0 saturated heterocycles. The summed E-state index contributed by atoms with van der Waals surface area (Å²) in [6.45, 7) is 7.66. The van der Waals surface area contributed by atoms with Crippen molar-refractivity contribution in [3.8, 4) is 0 Å². The molecule has 0 saturated carbocycles. The molecule has 0 fully saturated rings. The van der Waals surface area contributed by atoms with Crippen LogP contribution in [0, 0.1) is 0 Å². The van der Waals surface area contributed by atoms with Crippen LogP contribution in [0.15, 0.2) is 36.4 Å². The third-order valence-electron chi connectivity index (χ3n) is 2.46. The number of nitrogens with one attached hydrogen (secondary N) is 1. The zero-order chi connectivity index (χ0) is 11.8. The molecule has 2 nitrogen and oxygen atoms in total. The summed E-state index contributed by atoms with van der Waals surface area (Å²) >= 11 is 0. The van der Waals surface area contributed by atoms with Crippen LogP contribution in [0.3, 0.4) is 0 Å². The van der Waals surface area contributed by atoms with Crippen molar-refractivity contribution in [1.29, 1.82) is 0 Å². The Morgan fingerprint density at radius 1 is 1.38 bits per heavy atom. The molecular formula is C14H21NO. The number of hydrogen-bond acceptors (Lipinski definition) is 2. The molecule has 1 rings (SSSR count). The summed E-state index contributed by atoms with van der Waals surface area (Å²) in [7, 11) is 1.73. The van der Waals surface area contributed by atoms with Gasteiger partial charge in [-0.05, 0) is 31.4 Å². The molecule has 1 N–H and O–H groups in total. The summed E-state index contributed by atoms with van der Waals surface area (Å²) in [5.74, 6) is 0. The molecule has 0 aliphatic carbocycles. The van der Waals surface area contributed by atoms with E-state index in [1.165, 1.54) is 16.8 Å². The van der Waals surface area contributed by atoms with Crippen LogP contribution in [0.5, 0.6) is 0 Å². The Morgan fingerprint density at radius 3 is 2.81 bits per heavy atom. The van der Waals surface area contributed by atoms with Gasteiger partial charge in [0.15, 0.2) is 0 Å². The predicted molar refractivity (Wildman–Crippen MR) is 69.9 cm³/mol. The van der Waals surface area contributed by atoms with E-state index in [1.54, 1.807) is 7.11 Å². The number of ether oxygens (including phenoxy) is 1. The first kappa shape index (κ1) is 12.8. The lowest BCUT2D eigenvalue weighted by molar-refractivity contribution is 0.202. The Kier molecular flexibility index (Phi) is 5.65. The van der Waals surface area contributed by atoms with Crippen molar-refractivity contribution in [3.05, 3.63) is 42.0 Å². The van der Waals surface area contributed by atoms with Crippen molar-refractivity contribution in [2.75, 3.05) is 25.6 Å². The molecule has 16 heavy (non-hydrogen) atoms. The summed E-state index contributed by atoms with van der Waals surface area (Å²) in [5, 5.41) is 3.44. The molecule has 0 bridgehead atoms. The smallest absolute Gasteiger partial charge is 0.0503 e. The van der Waals surface area contributed by atoms with Crippen molar-refractivity contribution in [3.63, 3.8) is 0 Å². The molecule has 0 amide bonds. The highest BCUT2D eigenvalue weighted by Crippen LogP contribution is 2.15. The lowest BCUT2D eigenvalue weighted by atomic mass is 10.1. The summed E-state index contributed by atoms with van der Waals surface area (Å²) < 4.78 is 5.10. The standard InChI is InChI=1S/C14H21NO/c1-12(2)8-10-15-14-7-5-4-6-13(14)9-11-16-3/h4-7,15H,1,8-11H2,2-3H3. The third kappa shape index (κ3) is 4.49. The number of benzene rings is 1. The second-order valence-electron chi connectivity index (χ2n) is 4.03. The Bertz CT molecular complexity index is 333. The fraction of sp³-hybridized carbons (Fsp3) is 0.429. The SMILES string of the molecule is C=C(C)CCNc1ccccc1CCOC. The number of methoxy groups -OCH3 is 1. The summed E-state index contributed by atoms with van der Waals surface area (Å²) in [6.07, 6.45) is 1.96. The van der Waals surface area contributed by atoms with Gasteiger partial charge in [-0.25, -0.2) is 0 Å². The van der Waals surface area contributed by atoms with E-state index < -0.39 is 0 Å². The highest BCUT2D eigenvalue weighted by atomic mass is 16.5. The molecule has 0 unspecified atom stereocenters. The number of anilines is 1. The molecule has 0 aliphatic heterocycles. The Hall–Kier alpha value is -1.28. The first-order valence-electron chi connectivity index (χ1n) is 5.69. The van der Waals surface area contributed by atoms with E-state index in [9.17, 15) is 0 Å². The molecule has 0 radical (unpaired) electrons. The van der Waals surface area contributed by atoms with Crippen LogP contribution >= 0.6 is 0 Å². The van der Waals surface area contributed by atoms with Crippen molar-refractivity contribution < 1.29 is 4.74 Å². The number of hydrogen-bond donors (Lipinski definition) is 1. The van der Waals surface area contributed by atoms with E-state index in [0.717, 1.165) is 26.0 Å². The number of para-hydroxylation sites is 1. The molecular weight excluding hydrogens is 198 g/mol. The normalized spacial score (nSPS) is 10.1. The first-order chi connectivity index (χ1) is 7.74. The zero-order valence-corrected chi connectivity index (χ0v) is 10.3. The predicted octanol–water partition coefficient (Wildman–Crippen LogP) is 3.25. The van der Waals surface area contributed by atoms with Crippen LogP contribution in [0.4, 0.5) is 5.69 Å². The molecule has 2 heteroatoms.